The SMILES string of the molecule is COc1ccccc1CC(=O)N(CCc1ccccc1)C[C@H]1CCCN(C)C1. The number of nitrogens with zero attached hydrogens (tertiary/aromatic N) is 2. The Balaban J connectivity index is 1.69. The molecule has 4 heteroatoms. The topological polar surface area (TPSA) is 32.8 Å². The van der Waals surface area contributed by atoms with Crippen molar-refractivity contribution < 1.29 is 9.53 Å². The van der Waals surface area contributed by atoms with E-state index in [0.717, 1.165) is 43.9 Å². The quantitative estimate of drug-likeness (QED) is 0.701. The van der Waals surface area contributed by atoms with Gasteiger partial charge in [-0.1, -0.05) is 48.5 Å². The molecular formula is C24H32N2O2. The van der Waals surface area contributed by atoms with Crippen molar-refractivity contribution in [3.8, 4) is 5.75 Å². The number of rotatable bonds is 8. The van der Waals surface area contributed by atoms with Crippen LogP contribution in [-0.2, 0) is 17.6 Å². The molecule has 1 heterocycles. The highest BCUT2D eigenvalue weighted by molar-refractivity contribution is 5.79. The van der Waals surface area contributed by atoms with E-state index < -0.39 is 0 Å². The molecule has 0 radical (unpaired) electrons. The van der Waals surface area contributed by atoms with Crippen molar-refractivity contribution in [2.24, 2.45) is 5.92 Å². The molecule has 1 fully saturated rings. The van der Waals surface area contributed by atoms with E-state index in [4.69, 9.17) is 4.74 Å². The first kappa shape index (κ1) is 20.4. The second kappa shape index (κ2) is 10.3. The van der Waals surface area contributed by atoms with E-state index in [0.29, 0.717) is 12.3 Å². The van der Waals surface area contributed by atoms with Gasteiger partial charge in [0.2, 0.25) is 5.91 Å². The minimum Gasteiger partial charge on any atom is -0.496 e. The Morgan fingerprint density at radius 1 is 1.14 bits per heavy atom. The third-order valence-electron chi connectivity index (χ3n) is 5.60. The van der Waals surface area contributed by atoms with Gasteiger partial charge >= 0.3 is 0 Å². The summed E-state index contributed by atoms with van der Waals surface area (Å²) in [5.74, 6) is 1.53. The molecule has 0 aromatic heterocycles. The van der Waals surface area contributed by atoms with Gasteiger partial charge in [-0.3, -0.25) is 4.79 Å². The molecule has 1 aliphatic heterocycles. The zero-order valence-corrected chi connectivity index (χ0v) is 17.1. The van der Waals surface area contributed by atoms with Crippen molar-refractivity contribution in [2.45, 2.75) is 25.7 Å². The highest BCUT2D eigenvalue weighted by atomic mass is 16.5. The fraction of sp³-hybridized carbons (Fsp3) is 0.458. The summed E-state index contributed by atoms with van der Waals surface area (Å²) >= 11 is 0. The first-order valence-electron chi connectivity index (χ1n) is 10.3. The summed E-state index contributed by atoms with van der Waals surface area (Å²) in [5, 5.41) is 0. The van der Waals surface area contributed by atoms with Gasteiger partial charge in [0.15, 0.2) is 0 Å². The van der Waals surface area contributed by atoms with Crippen LogP contribution in [0, 0.1) is 5.92 Å². The number of para-hydroxylation sites is 1. The third kappa shape index (κ3) is 5.83. The molecule has 4 nitrogen and oxygen atoms in total. The first-order valence-corrected chi connectivity index (χ1v) is 10.3. The maximum absolute atomic E-state index is 13.2. The molecule has 0 bridgehead atoms. The number of methoxy groups -OCH3 is 1. The molecule has 0 spiro atoms. The minimum atomic E-state index is 0.189. The average molecular weight is 381 g/mol. The highest BCUT2D eigenvalue weighted by Crippen LogP contribution is 2.21. The second-order valence-electron chi connectivity index (χ2n) is 7.83. The Morgan fingerprint density at radius 3 is 2.64 bits per heavy atom. The van der Waals surface area contributed by atoms with Crippen LogP contribution in [0.15, 0.2) is 54.6 Å². The molecule has 2 aromatic carbocycles. The molecule has 3 rings (SSSR count). The predicted octanol–water partition coefficient (Wildman–Crippen LogP) is 3.65. The van der Waals surface area contributed by atoms with Crippen LogP contribution < -0.4 is 4.74 Å². The fourth-order valence-electron chi connectivity index (χ4n) is 4.08. The number of piperidine rings is 1. The van der Waals surface area contributed by atoms with E-state index in [1.807, 2.05) is 30.3 Å². The summed E-state index contributed by atoms with van der Waals surface area (Å²) in [6.45, 7) is 3.84. The van der Waals surface area contributed by atoms with Crippen LogP contribution in [0.25, 0.3) is 0 Å². The number of amides is 1. The lowest BCUT2D eigenvalue weighted by Gasteiger charge is -2.34. The van der Waals surface area contributed by atoms with Crippen LogP contribution in [0.5, 0.6) is 5.75 Å². The van der Waals surface area contributed by atoms with Crippen LogP contribution in [0.1, 0.15) is 24.0 Å². The Morgan fingerprint density at radius 2 is 1.89 bits per heavy atom. The number of hydrogen-bond donors (Lipinski definition) is 0. The molecule has 0 saturated carbocycles. The van der Waals surface area contributed by atoms with Crippen LogP contribution in [-0.4, -0.2) is 56.0 Å². The van der Waals surface area contributed by atoms with Gasteiger partial charge < -0.3 is 14.5 Å². The zero-order chi connectivity index (χ0) is 19.8. The Bertz CT molecular complexity index is 747. The van der Waals surface area contributed by atoms with Crippen molar-refractivity contribution in [2.75, 3.05) is 40.3 Å². The lowest BCUT2D eigenvalue weighted by molar-refractivity contribution is -0.131. The van der Waals surface area contributed by atoms with E-state index in [9.17, 15) is 4.79 Å². The maximum atomic E-state index is 13.2. The smallest absolute Gasteiger partial charge is 0.227 e. The monoisotopic (exact) mass is 380 g/mol. The number of likely N-dealkylation sites (tertiary alicyclic amines) is 1. The highest BCUT2D eigenvalue weighted by Gasteiger charge is 2.23. The van der Waals surface area contributed by atoms with Gasteiger partial charge in [0.25, 0.3) is 0 Å². The summed E-state index contributed by atoms with van der Waals surface area (Å²) in [6.07, 6.45) is 3.70. The third-order valence-corrected chi connectivity index (χ3v) is 5.60. The van der Waals surface area contributed by atoms with Crippen molar-refractivity contribution in [3.63, 3.8) is 0 Å². The van der Waals surface area contributed by atoms with E-state index >= 15 is 0 Å². The lowest BCUT2D eigenvalue weighted by atomic mass is 9.97. The normalized spacial score (nSPS) is 17.3. The summed E-state index contributed by atoms with van der Waals surface area (Å²) in [7, 11) is 3.84. The maximum Gasteiger partial charge on any atom is 0.227 e. The number of benzene rings is 2. The Labute approximate surface area is 169 Å². The number of hydrogen-bond acceptors (Lipinski definition) is 3. The lowest BCUT2D eigenvalue weighted by Crippen LogP contribution is -2.43. The van der Waals surface area contributed by atoms with E-state index in [-0.39, 0.29) is 5.91 Å². The number of ether oxygens (including phenoxy) is 1. The van der Waals surface area contributed by atoms with Crippen molar-refractivity contribution in [1.82, 2.24) is 9.80 Å². The minimum absolute atomic E-state index is 0.189. The summed E-state index contributed by atoms with van der Waals surface area (Å²) in [5.41, 5.74) is 2.24. The van der Waals surface area contributed by atoms with Gasteiger partial charge in [-0.2, -0.15) is 0 Å². The predicted molar refractivity (Wildman–Crippen MR) is 114 cm³/mol. The first-order chi connectivity index (χ1) is 13.7. The van der Waals surface area contributed by atoms with E-state index in [1.165, 1.54) is 18.4 Å². The average Bonchev–Trinajstić information content (AvgIpc) is 2.72. The standard InChI is InChI=1S/C24H32N2O2/c1-25-15-8-11-21(18-25)19-26(16-14-20-9-4-3-5-10-20)24(27)17-22-12-6-7-13-23(22)28-2/h3-7,9-10,12-13,21H,8,11,14-19H2,1-2H3/t21-/m0/s1. The molecule has 1 amide bonds. The van der Waals surface area contributed by atoms with Crippen molar-refractivity contribution in [3.05, 3.63) is 65.7 Å². The number of carbonyl (C=O) groups is 1. The molecule has 150 valence electrons. The summed E-state index contributed by atoms with van der Waals surface area (Å²) in [6, 6.07) is 18.3. The molecule has 0 unspecified atom stereocenters. The van der Waals surface area contributed by atoms with Crippen LogP contribution >= 0.6 is 0 Å². The van der Waals surface area contributed by atoms with E-state index in [1.54, 1.807) is 7.11 Å². The summed E-state index contributed by atoms with van der Waals surface area (Å²) in [4.78, 5) is 17.7. The van der Waals surface area contributed by atoms with Gasteiger partial charge in [-0.15, -0.1) is 0 Å². The molecule has 1 aliphatic rings. The van der Waals surface area contributed by atoms with Crippen molar-refractivity contribution >= 4 is 5.91 Å². The molecule has 0 aliphatic carbocycles. The van der Waals surface area contributed by atoms with Crippen LogP contribution in [0.2, 0.25) is 0 Å². The van der Waals surface area contributed by atoms with Gasteiger partial charge in [0.05, 0.1) is 13.5 Å². The second-order valence-corrected chi connectivity index (χ2v) is 7.83. The zero-order valence-electron chi connectivity index (χ0n) is 17.1. The Kier molecular flexibility index (Phi) is 7.49. The fourth-order valence-corrected chi connectivity index (χ4v) is 4.08. The van der Waals surface area contributed by atoms with Gasteiger partial charge in [0.1, 0.15) is 5.75 Å². The number of carbonyl (C=O) groups excluding carboxylic acids is 1. The van der Waals surface area contributed by atoms with Gasteiger partial charge in [0, 0.05) is 25.2 Å². The largest absolute Gasteiger partial charge is 0.496 e. The molecule has 0 N–H and O–H groups in total. The molecule has 2 aromatic rings. The van der Waals surface area contributed by atoms with Gasteiger partial charge in [-0.25, -0.2) is 0 Å². The molecule has 1 atom stereocenters. The summed E-state index contributed by atoms with van der Waals surface area (Å²) < 4.78 is 5.44. The van der Waals surface area contributed by atoms with Crippen molar-refractivity contribution in [1.29, 1.82) is 0 Å². The van der Waals surface area contributed by atoms with Crippen LogP contribution in [0.4, 0.5) is 0 Å². The molecule has 1 saturated heterocycles. The van der Waals surface area contributed by atoms with Gasteiger partial charge in [-0.05, 0) is 50.4 Å². The van der Waals surface area contributed by atoms with E-state index in [2.05, 4.69) is 41.1 Å². The Hall–Kier alpha value is -2.33. The van der Waals surface area contributed by atoms with Crippen LogP contribution in [0.3, 0.4) is 0 Å². The molecule has 28 heavy (non-hydrogen) atoms. The molecular weight excluding hydrogens is 348 g/mol.